The molecule has 0 saturated heterocycles. The van der Waals surface area contributed by atoms with Crippen LogP contribution >= 0.6 is 0 Å². The topological polar surface area (TPSA) is 76.5 Å². The summed E-state index contributed by atoms with van der Waals surface area (Å²) in [5.41, 5.74) is 2.55. The maximum Gasteiger partial charge on any atom is 0.248 e. The minimum Gasteiger partial charge on any atom is -0.325 e. The Morgan fingerprint density at radius 3 is 2.44 bits per heavy atom. The standard InChI is InChI=1S/C19H23N5O/c1-12(2)11-16-21-19(24(23-16)14-7-9-20-10-8-14)15-5-6-17(25)22-18(15)13(3)4/h5-10,12-13H,11H2,1-4H3,(H,22,25). The van der Waals surface area contributed by atoms with Crippen LogP contribution in [0, 0.1) is 5.92 Å². The lowest BCUT2D eigenvalue weighted by atomic mass is 10.0. The second-order valence-corrected chi connectivity index (χ2v) is 6.87. The zero-order chi connectivity index (χ0) is 18.0. The minimum absolute atomic E-state index is 0.107. The maximum atomic E-state index is 11.8. The Labute approximate surface area is 147 Å². The van der Waals surface area contributed by atoms with Crippen molar-refractivity contribution < 1.29 is 0 Å². The normalized spacial score (nSPS) is 11.4. The van der Waals surface area contributed by atoms with Gasteiger partial charge in [0.2, 0.25) is 5.56 Å². The van der Waals surface area contributed by atoms with E-state index in [1.807, 2.05) is 22.9 Å². The Hall–Kier alpha value is -2.76. The molecule has 6 heteroatoms. The third-order valence-corrected chi connectivity index (χ3v) is 3.92. The summed E-state index contributed by atoms with van der Waals surface area (Å²) in [5.74, 6) is 2.16. The van der Waals surface area contributed by atoms with Gasteiger partial charge in [-0.3, -0.25) is 9.78 Å². The van der Waals surface area contributed by atoms with Crippen molar-refractivity contribution in [2.45, 2.75) is 40.0 Å². The molecule has 0 fully saturated rings. The van der Waals surface area contributed by atoms with Crippen LogP contribution in [0.25, 0.3) is 17.1 Å². The smallest absolute Gasteiger partial charge is 0.248 e. The van der Waals surface area contributed by atoms with E-state index in [0.29, 0.717) is 5.92 Å². The monoisotopic (exact) mass is 337 g/mol. The van der Waals surface area contributed by atoms with Gasteiger partial charge in [0.05, 0.1) is 5.69 Å². The van der Waals surface area contributed by atoms with Crippen molar-refractivity contribution in [1.29, 1.82) is 0 Å². The molecular formula is C19H23N5O. The number of nitrogens with one attached hydrogen (secondary N) is 1. The van der Waals surface area contributed by atoms with Gasteiger partial charge in [-0.1, -0.05) is 27.7 Å². The summed E-state index contributed by atoms with van der Waals surface area (Å²) >= 11 is 0. The van der Waals surface area contributed by atoms with Gasteiger partial charge >= 0.3 is 0 Å². The molecule has 3 heterocycles. The SMILES string of the molecule is CC(C)Cc1nc(-c2ccc(=O)[nH]c2C(C)C)n(-c2ccncc2)n1. The molecule has 3 rings (SSSR count). The van der Waals surface area contributed by atoms with Crippen LogP contribution in [-0.4, -0.2) is 24.7 Å². The van der Waals surface area contributed by atoms with Gasteiger partial charge in [0.1, 0.15) is 0 Å². The van der Waals surface area contributed by atoms with Gasteiger partial charge in [0, 0.05) is 36.1 Å². The average molecular weight is 337 g/mol. The number of hydrogen-bond acceptors (Lipinski definition) is 4. The number of H-pyrrole nitrogens is 1. The fourth-order valence-corrected chi connectivity index (χ4v) is 2.79. The summed E-state index contributed by atoms with van der Waals surface area (Å²) in [6.45, 7) is 8.40. The predicted octanol–water partition coefficient (Wildman–Crippen LogP) is 3.34. The van der Waals surface area contributed by atoms with Crippen molar-refractivity contribution in [3.63, 3.8) is 0 Å². The lowest BCUT2D eigenvalue weighted by molar-refractivity contribution is 0.618. The van der Waals surface area contributed by atoms with E-state index in [9.17, 15) is 4.79 Å². The first kappa shape index (κ1) is 17.1. The highest BCUT2D eigenvalue weighted by Gasteiger charge is 2.19. The van der Waals surface area contributed by atoms with Crippen LogP contribution in [0.1, 0.15) is 45.1 Å². The van der Waals surface area contributed by atoms with E-state index in [1.165, 1.54) is 6.07 Å². The van der Waals surface area contributed by atoms with Crippen molar-refractivity contribution in [2.75, 3.05) is 0 Å². The molecule has 0 bridgehead atoms. The molecule has 0 spiro atoms. The van der Waals surface area contributed by atoms with E-state index in [0.717, 1.165) is 35.0 Å². The number of aromatic amines is 1. The summed E-state index contributed by atoms with van der Waals surface area (Å²) in [5, 5.41) is 4.71. The molecule has 3 aromatic rings. The summed E-state index contributed by atoms with van der Waals surface area (Å²) in [6, 6.07) is 7.17. The quantitative estimate of drug-likeness (QED) is 0.774. The van der Waals surface area contributed by atoms with Crippen molar-refractivity contribution in [2.24, 2.45) is 5.92 Å². The van der Waals surface area contributed by atoms with Crippen molar-refractivity contribution in [3.05, 3.63) is 58.5 Å². The Morgan fingerprint density at radius 1 is 1.08 bits per heavy atom. The molecule has 130 valence electrons. The molecule has 0 unspecified atom stereocenters. The molecule has 3 aromatic heterocycles. The Morgan fingerprint density at radius 2 is 1.80 bits per heavy atom. The molecular weight excluding hydrogens is 314 g/mol. The van der Waals surface area contributed by atoms with E-state index in [-0.39, 0.29) is 11.5 Å². The second kappa shape index (κ2) is 7.01. The second-order valence-electron chi connectivity index (χ2n) is 6.87. The van der Waals surface area contributed by atoms with Crippen LogP contribution < -0.4 is 5.56 Å². The fraction of sp³-hybridized carbons (Fsp3) is 0.368. The third kappa shape index (κ3) is 3.68. The summed E-state index contributed by atoms with van der Waals surface area (Å²) in [6.07, 6.45) is 4.27. The first-order valence-electron chi connectivity index (χ1n) is 8.55. The first-order valence-corrected chi connectivity index (χ1v) is 8.55. The molecule has 0 amide bonds. The van der Waals surface area contributed by atoms with Gasteiger partial charge in [0.25, 0.3) is 0 Å². The summed E-state index contributed by atoms with van der Waals surface area (Å²) in [7, 11) is 0. The maximum absolute atomic E-state index is 11.8. The molecule has 1 N–H and O–H groups in total. The highest BCUT2D eigenvalue weighted by atomic mass is 16.1. The first-order chi connectivity index (χ1) is 12.0. The molecule has 0 aliphatic carbocycles. The molecule has 0 radical (unpaired) electrons. The molecule has 0 aliphatic rings. The number of rotatable bonds is 5. The highest BCUT2D eigenvalue weighted by Crippen LogP contribution is 2.27. The van der Waals surface area contributed by atoms with E-state index < -0.39 is 0 Å². The fourth-order valence-electron chi connectivity index (χ4n) is 2.79. The van der Waals surface area contributed by atoms with Crippen molar-refractivity contribution in [1.82, 2.24) is 24.7 Å². The predicted molar refractivity (Wildman–Crippen MR) is 97.8 cm³/mol. The van der Waals surface area contributed by atoms with Gasteiger partial charge < -0.3 is 4.98 Å². The van der Waals surface area contributed by atoms with Crippen molar-refractivity contribution in [3.8, 4) is 17.1 Å². The van der Waals surface area contributed by atoms with Crippen LogP contribution in [0.2, 0.25) is 0 Å². The molecule has 25 heavy (non-hydrogen) atoms. The number of nitrogens with zero attached hydrogens (tertiary/aromatic N) is 4. The minimum atomic E-state index is -0.107. The van der Waals surface area contributed by atoms with Gasteiger partial charge in [-0.15, -0.1) is 0 Å². The average Bonchev–Trinajstić information content (AvgIpc) is 2.98. The zero-order valence-corrected chi connectivity index (χ0v) is 15.0. The zero-order valence-electron chi connectivity index (χ0n) is 15.0. The number of hydrogen-bond donors (Lipinski definition) is 1. The number of pyridine rings is 2. The van der Waals surface area contributed by atoms with E-state index in [2.05, 4.69) is 37.7 Å². The van der Waals surface area contributed by atoms with Gasteiger partial charge in [-0.2, -0.15) is 5.10 Å². The van der Waals surface area contributed by atoms with Crippen LogP contribution in [0.4, 0.5) is 0 Å². The van der Waals surface area contributed by atoms with Crippen LogP contribution in [0.3, 0.4) is 0 Å². The van der Waals surface area contributed by atoms with Gasteiger partial charge in [0.15, 0.2) is 11.6 Å². The largest absolute Gasteiger partial charge is 0.325 e. The molecule has 0 aliphatic heterocycles. The Kier molecular flexibility index (Phi) is 4.79. The van der Waals surface area contributed by atoms with E-state index in [4.69, 9.17) is 10.1 Å². The Bertz CT molecular complexity index is 909. The molecule has 6 nitrogen and oxygen atoms in total. The Balaban J connectivity index is 2.22. The van der Waals surface area contributed by atoms with Crippen LogP contribution in [0.5, 0.6) is 0 Å². The lowest BCUT2D eigenvalue weighted by Gasteiger charge is -2.12. The summed E-state index contributed by atoms with van der Waals surface area (Å²) in [4.78, 5) is 23.6. The molecule has 0 atom stereocenters. The van der Waals surface area contributed by atoms with E-state index >= 15 is 0 Å². The third-order valence-electron chi connectivity index (χ3n) is 3.92. The molecule has 0 aromatic carbocycles. The summed E-state index contributed by atoms with van der Waals surface area (Å²) < 4.78 is 1.83. The lowest BCUT2D eigenvalue weighted by Crippen LogP contribution is -2.11. The van der Waals surface area contributed by atoms with Gasteiger partial charge in [-0.25, -0.2) is 9.67 Å². The van der Waals surface area contributed by atoms with Crippen LogP contribution in [-0.2, 0) is 6.42 Å². The van der Waals surface area contributed by atoms with E-state index in [1.54, 1.807) is 12.4 Å². The van der Waals surface area contributed by atoms with Crippen LogP contribution in [0.15, 0.2) is 41.5 Å². The van der Waals surface area contributed by atoms with Crippen molar-refractivity contribution >= 4 is 0 Å². The highest BCUT2D eigenvalue weighted by molar-refractivity contribution is 5.61. The molecule has 0 saturated carbocycles. The van der Waals surface area contributed by atoms with Gasteiger partial charge in [-0.05, 0) is 30.0 Å². The number of aromatic nitrogens is 5.